The molecule has 0 fully saturated rings. The first kappa shape index (κ1) is 19.6. The van der Waals surface area contributed by atoms with Crippen LogP contribution in [-0.2, 0) is 17.8 Å². The molecule has 1 N–H and O–H groups in total. The van der Waals surface area contributed by atoms with Gasteiger partial charge in [0.15, 0.2) is 5.69 Å². The van der Waals surface area contributed by atoms with Gasteiger partial charge in [0.2, 0.25) is 5.91 Å². The maximum atomic E-state index is 13.0. The number of hydrogen-bond acceptors (Lipinski definition) is 6. The van der Waals surface area contributed by atoms with E-state index >= 15 is 0 Å². The van der Waals surface area contributed by atoms with E-state index in [0.29, 0.717) is 24.5 Å². The predicted molar refractivity (Wildman–Crippen MR) is 119 cm³/mol. The van der Waals surface area contributed by atoms with Crippen LogP contribution >= 0.6 is 11.8 Å². The summed E-state index contributed by atoms with van der Waals surface area (Å²) < 4.78 is 5.32. The van der Waals surface area contributed by atoms with E-state index in [2.05, 4.69) is 21.5 Å². The van der Waals surface area contributed by atoms with Gasteiger partial charge in [-0.05, 0) is 28.8 Å². The second kappa shape index (κ2) is 8.03. The first-order valence-corrected chi connectivity index (χ1v) is 10.9. The van der Waals surface area contributed by atoms with Crippen molar-refractivity contribution in [2.45, 2.75) is 23.9 Å². The van der Waals surface area contributed by atoms with Crippen LogP contribution in [0.4, 0.5) is 5.69 Å². The molecule has 1 atom stereocenters. The van der Waals surface area contributed by atoms with E-state index in [-0.39, 0.29) is 11.6 Å². The monoisotopic (exact) mass is 432 g/mol. The number of hydrogen-bond donors (Lipinski definition) is 1. The fourth-order valence-corrected chi connectivity index (χ4v) is 4.88. The van der Waals surface area contributed by atoms with Crippen LogP contribution in [0.2, 0.25) is 0 Å². The average Bonchev–Trinajstić information content (AvgIpc) is 3.42. The predicted octanol–water partition coefficient (Wildman–Crippen LogP) is 3.07. The van der Waals surface area contributed by atoms with Crippen molar-refractivity contribution in [1.29, 1.82) is 0 Å². The summed E-state index contributed by atoms with van der Waals surface area (Å²) in [6.45, 7) is 0.665. The van der Waals surface area contributed by atoms with E-state index in [1.165, 1.54) is 0 Å². The lowest BCUT2D eigenvalue weighted by atomic mass is 10.1. The highest BCUT2D eigenvalue weighted by Gasteiger charge is 2.31. The van der Waals surface area contributed by atoms with Crippen molar-refractivity contribution in [2.24, 2.45) is 4.99 Å². The van der Waals surface area contributed by atoms with Crippen molar-refractivity contribution in [2.75, 3.05) is 17.7 Å². The summed E-state index contributed by atoms with van der Waals surface area (Å²) in [5.41, 5.74) is 4.27. The smallest absolute Gasteiger partial charge is 0.274 e. The van der Waals surface area contributed by atoms with Gasteiger partial charge < -0.3 is 14.7 Å². The summed E-state index contributed by atoms with van der Waals surface area (Å²) in [7, 11) is 1.73. The third-order valence-electron chi connectivity index (χ3n) is 5.43. The van der Waals surface area contributed by atoms with Gasteiger partial charge in [-0.3, -0.25) is 14.6 Å². The lowest BCUT2D eigenvalue weighted by Crippen LogP contribution is -2.48. The molecule has 0 unspecified atom stereocenters. The molecule has 0 saturated heterocycles. The number of aliphatic imine (C=N–C) groups is 1. The van der Waals surface area contributed by atoms with Crippen molar-refractivity contribution in [3.63, 3.8) is 0 Å². The Morgan fingerprint density at radius 2 is 2.10 bits per heavy atom. The second-order valence-corrected chi connectivity index (χ2v) is 8.63. The Morgan fingerprint density at radius 3 is 2.94 bits per heavy atom. The van der Waals surface area contributed by atoms with E-state index in [4.69, 9.17) is 4.52 Å². The minimum Gasteiger partial charge on any atom is -0.360 e. The molecule has 5 rings (SSSR count). The fourth-order valence-electron chi connectivity index (χ4n) is 3.74. The Kier molecular flexibility index (Phi) is 5.07. The Balaban J connectivity index is 1.30. The third-order valence-corrected chi connectivity index (χ3v) is 6.56. The van der Waals surface area contributed by atoms with Crippen molar-refractivity contribution in [1.82, 2.24) is 10.5 Å². The van der Waals surface area contributed by atoms with Gasteiger partial charge in [0.25, 0.3) is 5.91 Å². The SMILES string of the molecule is CN1C(=O)[C@@H](NC(=O)c2cc(Cc3ccccc3)on2)CSc2cc3c(cc21)C=NC3. The molecule has 156 valence electrons. The number of carbonyl (C=O) groups is 2. The summed E-state index contributed by atoms with van der Waals surface area (Å²) in [6.07, 6.45) is 2.38. The second-order valence-electron chi connectivity index (χ2n) is 7.56. The molecule has 0 radical (unpaired) electrons. The quantitative estimate of drug-likeness (QED) is 0.685. The van der Waals surface area contributed by atoms with Crippen molar-refractivity contribution >= 4 is 35.5 Å². The van der Waals surface area contributed by atoms with Gasteiger partial charge in [0.05, 0.1) is 12.2 Å². The van der Waals surface area contributed by atoms with Crippen LogP contribution in [0.1, 0.15) is 32.9 Å². The number of nitrogens with zero attached hydrogens (tertiary/aromatic N) is 3. The number of benzene rings is 2. The van der Waals surface area contributed by atoms with Gasteiger partial charge in [-0.25, -0.2) is 0 Å². The molecule has 2 aliphatic heterocycles. The summed E-state index contributed by atoms with van der Waals surface area (Å²) in [5.74, 6) is 0.452. The Bertz CT molecular complexity index is 1190. The molecule has 2 amide bonds. The van der Waals surface area contributed by atoms with E-state index < -0.39 is 11.9 Å². The van der Waals surface area contributed by atoms with Crippen molar-refractivity contribution < 1.29 is 14.1 Å². The zero-order valence-electron chi connectivity index (χ0n) is 16.9. The Morgan fingerprint density at radius 1 is 1.26 bits per heavy atom. The first-order valence-electron chi connectivity index (χ1n) is 9.96. The molecular weight excluding hydrogens is 412 g/mol. The van der Waals surface area contributed by atoms with Crippen LogP contribution in [0, 0.1) is 0 Å². The highest BCUT2D eigenvalue weighted by Crippen LogP contribution is 2.37. The zero-order valence-corrected chi connectivity index (χ0v) is 17.7. The maximum absolute atomic E-state index is 13.0. The molecule has 1 aromatic heterocycles. The summed E-state index contributed by atoms with van der Waals surface area (Å²) in [6, 6.07) is 14.9. The van der Waals surface area contributed by atoms with Gasteiger partial charge in [-0.2, -0.15) is 0 Å². The number of carbonyl (C=O) groups excluding carboxylic acids is 2. The fraction of sp³-hybridized carbons (Fsp3) is 0.217. The number of anilines is 1. The standard InChI is InChI=1S/C23H20N4O3S/c1-27-20-8-15-11-24-12-16(15)9-21(20)31-13-19(23(27)29)25-22(28)18-10-17(30-26-18)7-14-5-3-2-4-6-14/h2-6,8-11,19H,7,12-13H2,1H3,(H,25,28)/t19-/m0/s1. The number of fused-ring (bicyclic) bond motifs is 2. The van der Waals surface area contributed by atoms with Crippen LogP contribution in [0.15, 0.2) is 62.9 Å². The van der Waals surface area contributed by atoms with Crippen LogP contribution in [0.3, 0.4) is 0 Å². The topological polar surface area (TPSA) is 87.8 Å². The average molecular weight is 433 g/mol. The highest BCUT2D eigenvalue weighted by atomic mass is 32.2. The van der Waals surface area contributed by atoms with E-state index in [9.17, 15) is 9.59 Å². The van der Waals surface area contributed by atoms with Gasteiger partial charge in [0, 0.05) is 36.4 Å². The normalized spacial score (nSPS) is 17.3. The van der Waals surface area contributed by atoms with Gasteiger partial charge in [-0.15, -0.1) is 11.8 Å². The minimum atomic E-state index is -0.660. The number of thioether (sulfide) groups is 1. The van der Waals surface area contributed by atoms with Crippen molar-refractivity contribution in [3.8, 4) is 0 Å². The molecule has 0 spiro atoms. The number of rotatable bonds is 4. The molecule has 2 aliphatic rings. The zero-order chi connectivity index (χ0) is 21.4. The van der Waals surface area contributed by atoms with Gasteiger partial charge in [0.1, 0.15) is 11.8 Å². The Hall–Kier alpha value is -3.39. The number of amides is 2. The molecule has 0 bridgehead atoms. The van der Waals surface area contributed by atoms with Gasteiger partial charge in [-0.1, -0.05) is 35.5 Å². The number of nitrogens with one attached hydrogen (secondary N) is 1. The van der Waals surface area contributed by atoms with Crippen LogP contribution in [-0.4, -0.2) is 42.0 Å². The van der Waals surface area contributed by atoms with E-state index in [1.54, 1.807) is 29.8 Å². The van der Waals surface area contributed by atoms with Gasteiger partial charge >= 0.3 is 0 Å². The Labute approximate surface area is 183 Å². The number of likely N-dealkylation sites (N-methyl/N-ethyl adjacent to an activating group) is 1. The molecule has 7 nitrogen and oxygen atoms in total. The summed E-state index contributed by atoms with van der Waals surface area (Å²) in [5, 5.41) is 6.72. The lowest BCUT2D eigenvalue weighted by molar-refractivity contribution is -0.119. The molecule has 8 heteroatoms. The van der Waals surface area contributed by atoms with Crippen LogP contribution in [0.5, 0.6) is 0 Å². The molecule has 2 aromatic carbocycles. The minimum absolute atomic E-state index is 0.164. The highest BCUT2D eigenvalue weighted by molar-refractivity contribution is 7.99. The molecule has 3 aromatic rings. The van der Waals surface area contributed by atoms with E-state index in [0.717, 1.165) is 27.3 Å². The number of aromatic nitrogens is 1. The van der Waals surface area contributed by atoms with Crippen LogP contribution < -0.4 is 10.2 Å². The van der Waals surface area contributed by atoms with Crippen molar-refractivity contribution in [3.05, 3.63) is 76.7 Å². The first-order chi connectivity index (χ1) is 15.1. The summed E-state index contributed by atoms with van der Waals surface area (Å²) in [4.78, 5) is 32.7. The van der Waals surface area contributed by atoms with Crippen LogP contribution in [0.25, 0.3) is 0 Å². The molecule has 3 heterocycles. The third kappa shape index (κ3) is 3.86. The summed E-state index contributed by atoms with van der Waals surface area (Å²) >= 11 is 1.56. The molecular formula is C23H20N4O3S. The molecule has 0 saturated carbocycles. The van der Waals surface area contributed by atoms with E-state index in [1.807, 2.05) is 42.6 Å². The molecule has 31 heavy (non-hydrogen) atoms. The molecule has 0 aliphatic carbocycles. The largest absolute Gasteiger partial charge is 0.360 e. The maximum Gasteiger partial charge on any atom is 0.274 e. The lowest BCUT2D eigenvalue weighted by Gasteiger charge is -2.21.